The van der Waals surface area contributed by atoms with Gasteiger partial charge in [-0.05, 0) is 48.5 Å². The lowest BCUT2D eigenvalue weighted by Gasteiger charge is -2.10. The Morgan fingerprint density at radius 3 is 2.08 bits per heavy atom. The van der Waals surface area contributed by atoms with Crippen molar-refractivity contribution in [1.29, 1.82) is 0 Å². The van der Waals surface area contributed by atoms with Crippen molar-refractivity contribution in [3.63, 3.8) is 0 Å². The third kappa shape index (κ3) is 3.81. The van der Waals surface area contributed by atoms with Gasteiger partial charge in [-0.25, -0.2) is 9.97 Å². The van der Waals surface area contributed by atoms with Gasteiger partial charge in [-0.2, -0.15) is 0 Å². The first kappa shape index (κ1) is 26.4. The van der Waals surface area contributed by atoms with Crippen LogP contribution in [0.4, 0.5) is 0 Å². The number of hydrogen-bond donors (Lipinski definition) is 0. The first-order chi connectivity index (χ1) is 24.3. The standard InChI is InChI=1S/C44H25N3O2/c1-2-11-26(12-3-1)43-30-15-4-7-17-35(30)45-44(46-43)31-16-10-20-40-42(31)34-23-27(21-22-39(34)48-40)47-36-18-8-5-13-28(36)32-24-33-29-14-6-9-19-38(29)49-41(33)25-37(32)47/h1-25H. The molecule has 5 nitrogen and oxygen atoms in total. The maximum atomic E-state index is 6.48. The molecule has 11 rings (SSSR count). The zero-order valence-electron chi connectivity index (χ0n) is 26.1. The second kappa shape index (κ2) is 9.89. The molecule has 0 radical (unpaired) electrons. The number of para-hydroxylation sites is 3. The van der Waals surface area contributed by atoms with Crippen LogP contribution in [0.3, 0.4) is 0 Å². The summed E-state index contributed by atoms with van der Waals surface area (Å²) in [6, 6.07) is 52.4. The average molecular weight is 628 g/mol. The lowest BCUT2D eigenvalue weighted by Crippen LogP contribution is -1.96. The maximum Gasteiger partial charge on any atom is 0.161 e. The third-order valence-electron chi connectivity index (χ3n) is 9.80. The molecule has 5 heteroatoms. The van der Waals surface area contributed by atoms with Crippen molar-refractivity contribution in [2.75, 3.05) is 0 Å². The first-order valence-corrected chi connectivity index (χ1v) is 16.4. The highest BCUT2D eigenvalue weighted by atomic mass is 16.3. The Morgan fingerprint density at radius 1 is 0.429 bits per heavy atom. The van der Waals surface area contributed by atoms with Gasteiger partial charge in [0.25, 0.3) is 0 Å². The van der Waals surface area contributed by atoms with Gasteiger partial charge in [0.2, 0.25) is 0 Å². The van der Waals surface area contributed by atoms with Crippen LogP contribution in [-0.2, 0) is 0 Å². The summed E-state index contributed by atoms with van der Waals surface area (Å²) in [5.41, 5.74) is 10.4. The van der Waals surface area contributed by atoms with Crippen molar-refractivity contribution in [3.05, 3.63) is 152 Å². The molecule has 0 unspecified atom stereocenters. The number of furan rings is 2. The van der Waals surface area contributed by atoms with Crippen LogP contribution < -0.4 is 0 Å². The van der Waals surface area contributed by atoms with Gasteiger partial charge in [0.1, 0.15) is 22.3 Å². The molecule has 0 fully saturated rings. The molecule has 228 valence electrons. The zero-order chi connectivity index (χ0) is 32.1. The minimum Gasteiger partial charge on any atom is -0.456 e. The third-order valence-corrected chi connectivity index (χ3v) is 9.80. The van der Waals surface area contributed by atoms with Crippen LogP contribution in [0.25, 0.3) is 105 Å². The molecular formula is C44H25N3O2. The molecule has 0 aliphatic heterocycles. The van der Waals surface area contributed by atoms with Crippen LogP contribution in [0.15, 0.2) is 160 Å². The highest BCUT2D eigenvalue weighted by molar-refractivity contribution is 6.18. The molecule has 49 heavy (non-hydrogen) atoms. The summed E-state index contributed by atoms with van der Waals surface area (Å²) < 4.78 is 15.2. The minimum atomic E-state index is 0.667. The van der Waals surface area contributed by atoms with E-state index in [0.717, 1.165) is 88.3 Å². The van der Waals surface area contributed by atoms with Gasteiger partial charge in [0.05, 0.1) is 22.2 Å². The van der Waals surface area contributed by atoms with Crippen LogP contribution >= 0.6 is 0 Å². The highest BCUT2D eigenvalue weighted by Crippen LogP contribution is 2.41. The minimum absolute atomic E-state index is 0.667. The molecule has 7 aromatic carbocycles. The molecule has 0 aliphatic rings. The van der Waals surface area contributed by atoms with Gasteiger partial charge in [-0.15, -0.1) is 0 Å². The van der Waals surface area contributed by atoms with Gasteiger partial charge in [0, 0.05) is 60.6 Å². The Kier molecular flexibility index (Phi) is 5.32. The molecule has 0 saturated carbocycles. The van der Waals surface area contributed by atoms with E-state index in [9.17, 15) is 0 Å². The fraction of sp³-hybridized carbons (Fsp3) is 0. The predicted molar refractivity (Wildman–Crippen MR) is 199 cm³/mol. The Bertz CT molecular complexity index is 3110. The summed E-state index contributed by atoms with van der Waals surface area (Å²) in [6.45, 7) is 0. The monoisotopic (exact) mass is 627 g/mol. The van der Waals surface area contributed by atoms with E-state index < -0.39 is 0 Å². The second-order valence-electron chi connectivity index (χ2n) is 12.6. The fourth-order valence-electron chi connectivity index (χ4n) is 7.62. The Morgan fingerprint density at radius 2 is 1.16 bits per heavy atom. The van der Waals surface area contributed by atoms with E-state index in [1.165, 1.54) is 10.8 Å². The fourth-order valence-corrected chi connectivity index (χ4v) is 7.62. The summed E-state index contributed by atoms with van der Waals surface area (Å²) >= 11 is 0. The molecule has 4 heterocycles. The summed E-state index contributed by atoms with van der Waals surface area (Å²) in [7, 11) is 0. The maximum absolute atomic E-state index is 6.48. The van der Waals surface area contributed by atoms with Crippen molar-refractivity contribution >= 4 is 76.6 Å². The number of hydrogen-bond acceptors (Lipinski definition) is 4. The Labute approximate surface area is 279 Å². The molecular weight excluding hydrogens is 603 g/mol. The van der Waals surface area contributed by atoms with Crippen molar-refractivity contribution in [2.24, 2.45) is 0 Å². The molecule has 0 N–H and O–H groups in total. The van der Waals surface area contributed by atoms with Crippen molar-refractivity contribution in [2.45, 2.75) is 0 Å². The second-order valence-corrected chi connectivity index (χ2v) is 12.6. The molecule has 11 aromatic rings. The number of rotatable bonds is 3. The average Bonchev–Trinajstić information content (AvgIpc) is 3.82. The molecule has 0 saturated heterocycles. The van der Waals surface area contributed by atoms with E-state index in [0.29, 0.717) is 5.82 Å². The molecule has 0 bridgehead atoms. The van der Waals surface area contributed by atoms with Gasteiger partial charge < -0.3 is 13.4 Å². The molecule has 4 aromatic heterocycles. The summed E-state index contributed by atoms with van der Waals surface area (Å²) in [4.78, 5) is 10.3. The van der Waals surface area contributed by atoms with E-state index in [4.69, 9.17) is 18.8 Å². The molecule has 0 amide bonds. The van der Waals surface area contributed by atoms with Gasteiger partial charge in [-0.1, -0.05) is 97.1 Å². The molecule has 0 spiro atoms. The molecule has 0 aliphatic carbocycles. The molecule has 0 atom stereocenters. The normalized spacial score (nSPS) is 12.1. The Hall–Kier alpha value is -6.72. The number of nitrogens with zero attached hydrogens (tertiary/aromatic N) is 3. The van der Waals surface area contributed by atoms with E-state index >= 15 is 0 Å². The van der Waals surface area contributed by atoms with Gasteiger partial charge in [-0.3, -0.25) is 0 Å². The lowest BCUT2D eigenvalue weighted by atomic mass is 10.0. The number of benzene rings is 7. The van der Waals surface area contributed by atoms with Crippen molar-refractivity contribution in [3.8, 4) is 28.3 Å². The largest absolute Gasteiger partial charge is 0.456 e. The van der Waals surface area contributed by atoms with Gasteiger partial charge in [0.15, 0.2) is 5.82 Å². The van der Waals surface area contributed by atoms with E-state index in [1.54, 1.807) is 0 Å². The smallest absolute Gasteiger partial charge is 0.161 e. The topological polar surface area (TPSA) is 57.0 Å². The number of fused-ring (bicyclic) bond motifs is 10. The summed E-state index contributed by atoms with van der Waals surface area (Å²) in [6.07, 6.45) is 0. The van der Waals surface area contributed by atoms with Crippen LogP contribution in [0, 0.1) is 0 Å². The lowest BCUT2D eigenvalue weighted by molar-refractivity contribution is 0.668. The van der Waals surface area contributed by atoms with Crippen molar-refractivity contribution in [1.82, 2.24) is 14.5 Å². The van der Waals surface area contributed by atoms with E-state index in [2.05, 4.69) is 102 Å². The van der Waals surface area contributed by atoms with E-state index in [1.807, 2.05) is 54.6 Å². The van der Waals surface area contributed by atoms with Crippen LogP contribution in [0.5, 0.6) is 0 Å². The highest BCUT2D eigenvalue weighted by Gasteiger charge is 2.20. The van der Waals surface area contributed by atoms with Gasteiger partial charge >= 0.3 is 0 Å². The summed E-state index contributed by atoms with van der Waals surface area (Å²) in [5.74, 6) is 0.667. The quantitative estimate of drug-likeness (QED) is 0.196. The zero-order valence-corrected chi connectivity index (χ0v) is 26.1. The SMILES string of the molecule is c1ccc(-c2nc(-c3cccc4oc5ccc(-n6c7ccccc7c7cc8c(cc76)oc6ccccc68)cc5c34)nc3ccccc23)cc1. The number of aromatic nitrogens is 3. The van der Waals surface area contributed by atoms with Crippen LogP contribution in [-0.4, -0.2) is 14.5 Å². The summed E-state index contributed by atoms with van der Waals surface area (Å²) in [5, 5.41) is 7.66. The van der Waals surface area contributed by atoms with Crippen LogP contribution in [0.2, 0.25) is 0 Å². The van der Waals surface area contributed by atoms with Crippen molar-refractivity contribution < 1.29 is 8.83 Å². The predicted octanol–water partition coefficient (Wildman–Crippen LogP) is 11.9. The Balaban J connectivity index is 1.18. The van der Waals surface area contributed by atoms with E-state index in [-0.39, 0.29) is 0 Å². The van der Waals surface area contributed by atoms with Crippen LogP contribution in [0.1, 0.15) is 0 Å². The first-order valence-electron chi connectivity index (χ1n) is 16.4.